The van der Waals surface area contributed by atoms with E-state index < -0.39 is 0 Å². The molecule has 0 spiro atoms. The van der Waals surface area contributed by atoms with Crippen molar-refractivity contribution in [1.82, 2.24) is 4.68 Å². The maximum atomic E-state index is 2.42. The zero-order valence-corrected chi connectivity index (χ0v) is 8.67. The molecule has 0 saturated carbocycles. The summed E-state index contributed by atoms with van der Waals surface area (Å²) in [6.07, 6.45) is 2.68. The van der Waals surface area contributed by atoms with E-state index in [1.165, 1.54) is 42.9 Å². The molecule has 1 aromatic rings. The first-order valence-electron chi connectivity index (χ1n) is 4.78. The number of rotatable bonds is 0. The van der Waals surface area contributed by atoms with Gasteiger partial charge in [-0.05, 0) is 20.3 Å². The maximum absolute atomic E-state index is 2.42. The summed E-state index contributed by atoms with van der Waals surface area (Å²) in [5.74, 6) is 0. The second kappa shape index (κ2) is 3.50. The van der Waals surface area contributed by atoms with Gasteiger partial charge in [0.05, 0.1) is 12.2 Å². The van der Waals surface area contributed by atoms with Gasteiger partial charge in [0.1, 0.15) is 0 Å². The van der Waals surface area contributed by atoms with Crippen molar-refractivity contribution in [2.45, 2.75) is 46.7 Å². The van der Waals surface area contributed by atoms with E-state index in [0.29, 0.717) is 0 Å². The summed E-state index contributed by atoms with van der Waals surface area (Å²) in [5.41, 5.74) is 4.37. The molecule has 2 heterocycles. The SMILES string of the molecule is Cc1c(C)n2[n+](c1C)CCCC2.[OH-]. The van der Waals surface area contributed by atoms with Gasteiger partial charge in [-0.25, -0.2) is 0 Å². The predicted molar refractivity (Wildman–Crippen MR) is 50.0 cm³/mol. The van der Waals surface area contributed by atoms with Crippen molar-refractivity contribution in [3.8, 4) is 0 Å². The van der Waals surface area contributed by atoms with Gasteiger partial charge in [0.25, 0.3) is 0 Å². The summed E-state index contributed by atoms with van der Waals surface area (Å²) in [7, 11) is 0. The van der Waals surface area contributed by atoms with Gasteiger partial charge in [0, 0.05) is 18.9 Å². The van der Waals surface area contributed by atoms with Crippen LogP contribution in [0.3, 0.4) is 0 Å². The van der Waals surface area contributed by atoms with Gasteiger partial charge < -0.3 is 5.48 Å². The average molecular weight is 182 g/mol. The van der Waals surface area contributed by atoms with E-state index in [9.17, 15) is 0 Å². The van der Waals surface area contributed by atoms with Crippen molar-refractivity contribution >= 4 is 0 Å². The molecule has 13 heavy (non-hydrogen) atoms. The van der Waals surface area contributed by atoms with Crippen molar-refractivity contribution in [3.05, 3.63) is 17.0 Å². The quantitative estimate of drug-likeness (QED) is 0.558. The summed E-state index contributed by atoms with van der Waals surface area (Å²) < 4.78 is 4.85. The fourth-order valence-electron chi connectivity index (χ4n) is 2.11. The summed E-state index contributed by atoms with van der Waals surface area (Å²) in [6.45, 7) is 9.10. The van der Waals surface area contributed by atoms with Crippen molar-refractivity contribution in [2.24, 2.45) is 0 Å². The van der Waals surface area contributed by atoms with Crippen LogP contribution in [0.4, 0.5) is 0 Å². The molecular weight excluding hydrogens is 164 g/mol. The van der Waals surface area contributed by atoms with Crippen LogP contribution in [0.15, 0.2) is 0 Å². The molecule has 0 aromatic carbocycles. The van der Waals surface area contributed by atoms with Gasteiger partial charge in [-0.1, -0.05) is 0 Å². The second-order valence-electron chi connectivity index (χ2n) is 3.75. The van der Waals surface area contributed by atoms with Crippen molar-refractivity contribution in [1.29, 1.82) is 0 Å². The molecule has 0 radical (unpaired) electrons. The van der Waals surface area contributed by atoms with E-state index >= 15 is 0 Å². The summed E-state index contributed by atoms with van der Waals surface area (Å²) >= 11 is 0. The highest BCUT2D eigenvalue weighted by Gasteiger charge is 2.24. The Morgan fingerprint density at radius 2 is 1.85 bits per heavy atom. The topological polar surface area (TPSA) is 38.8 Å². The minimum atomic E-state index is 0. The van der Waals surface area contributed by atoms with Crippen LogP contribution in [0, 0.1) is 20.8 Å². The van der Waals surface area contributed by atoms with E-state index in [2.05, 4.69) is 30.1 Å². The van der Waals surface area contributed by atoms with E-state index in [1.54, 1.807) is 0 Å². The molecule has 74 valence electrons. The molecule has 2 rings (SSSR count). The van der Waals surface area contributed by atoms with Crippen LogP contribution in [0.1, 0.15) is 29.8 Å². The lowest BCUT2D eigenvalue weighted by Gasteiger charge is -2.10. The van der Waals surface area contributed by atoms with Crippen molar-refractivity contribution in [2.75, 3.05) is 0 Å². The van der Waals surface area contributed by atoms with Crippen LogP contribution < -0.4 is 4.68 Å². The molecule has 0 unspecified atom stereocenters. The Morgan fingerprint density at radius 3 is 2.46 bits per heavy atom. The Morgan fingerprint density at radius 1 is 1.15 bits per heavy atom. The van der Waals surface area contributed by atoms with Crippen LogP contribution in [0.25, 0.3) is 0 Å². The highest BCUT2D eigenvalue weighted by Crippen LogP contribution is 2.13. The molecule has 3 heteroatoms. The average Bonchev–Trinajstić information content (AvgIpc) is 2.33. The second-order valence-corrected chi connectivity index (χ2v) is 3.75. The standard InChI is InChI=1S/C10H17N2.H2O/c1-8-9(2)11-6-4-5-7-12(11)10(8)3;/h4-7H2,1-3H3;1H2/q+1;/p-1. The van der Waals surface area contributed by atoms with Crippen LogP contribution in [-0.2, 0) is 13.1 Å². The van der Waals surface area contributed by atoms with Crippen LogP contribution in [-0.4, -0.2) is 10.2 Å². The molecule has 0 amide bonds. The molecule has 1 N–H and O–H groups in total. The van der Waals surface area contributed by atoms with Gasteiger partial charge in [-0.3, -0.25) is 0 Å². The van der Waals surface area contributed by atoms with Gasteiger partial charge in [-0.15, -0.1) is 4.68 Å². The third-order valence-corrected chi connectivity index (χ3v) is 3.14. The molecular formula is C10H18N2O. The first-order valence-corrected chi connectivity index (χ1v) is 4.78. The smallest absolute Gasteiger partial charge is 0.208 e. The molecule has 1 aliphatic rings. The predicted octanol–water partition coefficient (Wildman–Crippen LogP) is 1.32. The van der Waals surface area contributed by atoms with E-state index in [4.69, 9.17) is 0 Å². The van der Waals surface area contributed by atoms with Crippen molar-refractivity contribution in [3.63, 3.8) is 0 Å². The van der Waals surface area contributed by atoms with Crippen LogP contribution in [0.5, 0.6) is 0 Å². The Bertz CT molecular complexity index is 286. The Balaban J connectivity index is 0.000000845. The molecule has 0 aliphatic carbocycles. The monoisotopic (exact) mass is 182 g/mol. The highest BCUT2D eigenvalue weighted by molar-refractivity contribution is 5.18. The number of hydrogen-bond acceptors (Lipinski definition) is 1. The van der Waals surface area contributed by atoms with E-state index in [0.717, 1.165) is 0 Å². The molecule has 0 bridgehead atoms. The number of aromatic nitrogens is 2. The van der Waals surface area contributed by atoms with Crippen LogP contribution >= 0.6 is 0 Å². The number of hydrogen-bond donors (Lipinski definition) is 0. The van der Waals surface area contributed by atoms with Gasteiger partial charge in [0.2, 0.25) is 5.69 Å². The lowest BCUT2D eigenvalue weighted by atomic mass is 10.2. The molecule has 1 aromatic heterocycles. The normalized spacial score (nSPS) is 15.0. The van der Waals surface area contributed by atoms with Crippen LogP contribution in [0.2, 0.25) is 0 Å². The Kier molecular flexibility index (Phi) is 2.76. The molecule has 1 aliphatic heterocycles. The van der Waals surface area contributed by atoms with E-state index in [1.807, 2.05) is 0 Å². The Labute approximate surface area is 79.3 Å². The molecule has 0 saturated heterocycles. The van der Waals surface area contributed by atoms with E-state index in [-0.39, 0.29) is 5.48 Å². The fourth-order valence-corrected chi connectivity index (χ4v) is 2.11. The fraction of sp³-hybridized carbons (Fsp3) is 0.700. The minimum absolute atomic E-state index is 0. The first-order chi connectivity index (χ1) is 5.72. The zero-order valence-electron chi connectivity index (χ0n) is 8.67. The third-order valence-electron chi connectivity index (χ3n) is 3.14. The van der Waals surface area contributed by atoms with Gasteiger partial charge in [-0.2, -0.15) is 4.68 Å². The summed E-state index contributed by atoms with van der Waals surface area (Å²) in [6, 6.07) is 0. The lowest BCUT2D eigenvalue weighted by Crippen LogP contribution is -2.48. The third kappa shape index (κ3) is 1.37. The number of nitrogens with zero attached hydrogens (tertiary/aromatic N) is 2. The van der Waals surface area contributed by atoms with Crippen molar-refractivity contribution < 1.29 is 10.2 Å². The molecule has 0 fully saturated rings. The molecule has 3 nitrogen and oxygen atoms in total. The lowest BCUT2D eigenvalue weighted by molar-refractivity contribution is -0.787. The molecule has 0 atom stereocenters. The largest absolute Gasteiger partial charge is 0.870 e. The maximum Gasteiger partial charge on any atom is 0.208 e. The minimum Gasteiger partial charge on any atom is -0.870 e. The highest BCUT2D eigenvalue weighted by atomic mass is 16.0. The first kappa shape index (κ1) is 10.3. The van der Waals surface area contributed by atoms with Gasteiger partial charge in [0.15, 0.2) is 6.54 Å². The Hall–Kier alpha value is -0.830. The zero-order chi connectivity index (χ0) is 8.72. The number of fused-ring (bicyclic) bond motifs is 1. The summed E-state index contributed by atoms with van der Waals surface area (Å²) in [4.78, 5) is 0. The van der Waals surface area contributed by atoms with Gasteiger partial charge >= 0.3 is 0 Å². The summed E-state index contributed by atoms with van der Waals surface area (Å²) in [5, 5.41) is 0.